The van der Waals surface area contributed by atoms with Crippen molar-refractivity contribution in [2.75, 3.05) is 34.4 Å². The zero-order valence-electron chi connectivity index (χ0n) is 14.8. The Labute approximate surface area is 174 Å². The highest BCUT2D eigenvalue weighted by Gasteiger charge is 2.26. The Morgan fingerprint density at radius 2 is 2.04 bits per heavy atom. The topological polar surface area (TPSA) is 63.2 Å². The maximum Gasteiger partial charge on any atom is 0.308 e. The van der Waals surface area contributed by atoms with E-state index in [4.69, 9.17) is 9.47 Å². The van der Waals surface area contributed by atoms with Crippen molar-refractivity contribution in [3.8, 4) is 5.75 Å². The van der Waals surface area contributed by atoms with E-state index in [2.05, 4.69) is 31.1 Å². The number of hydrogen-bond acceptors (Lipinski definition) is 4. The first kappa shape index (κ1) is 22.0. The Morgan fingerprint density at radius 3 is 2.60 bits per heavy atom. The third-order valence-electron chi connectivity index (χ3n) is 4.22. The summed E-state index contributed by atoms with van der Waals surface area (Å²) in [5.74, 6) is 1.55. The van der Waals surface area contributed by atoms with E-state index < -0.39 is 0 Å². The van der Waals surface area contributed by atoms with Gasteiger partial charge in [0.1, 0.15) is 5.75 Å². The van der Waals surface area contributed by atoms with Crippen LogP contribution in [-0.2, 0) is 16.1 Å². The van der Waals surface area contributed by atoms with Gasteiger partial charge in [-0.25, -0.2) is 0 Å². The molecule has 0 aromatic heterocycles. The van der Waals surface area contributed by atoms with Crippen LogP contribution in [0.4, 0.5) is 0 Å². The van der Waals surface area contributed by atoms with E-state index in [1.54, 1.807) is 14.2 Å². The Bertz CT molecular complexity index is 605. The zero-order valence-corrected chi connectivity index (χ0v) is 18.7. The number of hydrogen-bond donors (Lipinski definition) is 1. The van der Waals surface area contributed by atoms with Crippen molar-refractivity contribution >= 4 is 51.8 Å². The van der Waals surface area contributed by atoms with Gasteiger partial charge >= 0.3 is 5.97 Å². The summed E-state index contributed by atoms with van der Waals surface area (Å²) < 4.78 is 11.2. The van der Waals surface area contributed by atoms with E-state index in [9.17, 15) is 4.79 Å². The summed E-state index contributed by atoms with van der Waals surface area (Å²) in [5.41, 5.74) is 1.05. The zero-order chi connectivity index (χ0) is 17.5. The molecule has 0 bridgehead atoms. The Morgan fingerprint density at radius 1 is 1.36 bits per heavy atom. The number of benzene rings is 1. The minimum atomic E-state index is -0.114. The van der Waals surface area contributed by atoms with E-state index in [-0.39, 0.29) is 35.9 Å². The van der Waals surface area contributed by atoms with Crippen LogP contribution in [0.5, 0.6) is 5.75 Å². The van der Waals surface area contributed by atoms with Gasteiger partial charge in [-0.2, -0.15) is 0 Å². The molecule has 1 aliphatic heterocycles. The van der Waals surface area contributed by atoms with Crippen LogP contribution in [0.15, 0.2) is 27.7 Å². The van der Waals surface area contributed by atoms with Gasteiger partial charge in [0.25, 0.3) is 0 Å². The predicted octanol–water partition coefficient (Wildman–Crippen LogP) is 3.04. The standard InChI is InChI=1S/C17H24BrN3O3.HI/c1-19-17(21-8-6-12(7-9-21)16(22)24-3)20-11-13-10-14(18)4-5-15(13)23-2;/h4-5,10,12H,6-9,11H2,1-3H3,(H,19,20);1H. The van der Waals surface area contributed by atoms with Crippen LogP contribution >= 0.6 is 39.9 Å². The minimum Gasteiger partial charge on any atom is -0.496 e. The lowest BCUT2D eigenvalue weighted by Gasteiger charge is -2.33. The van der Waals surface area contributed by atoms with Gasteiger partial charge in [0, 0.05) is 36.7 Å². The lowest BCUT2D eigenvalue weighted by molar-refractivity contribution is -0.146. The summed E-state index contributed by atoms with van der Waals surface area (Å²) >= 11 is 3.49. The SMILES string of the molecule is CN=C(NCc1cc(Br)ccc1OC)N1CCC(C(=O)OC)CC1.I. The smallest absolute Gasteiger partial charge is 0.308 e. The summed E-state index contributed by atoms with van der Waals surface area (Å²) in [7, 11) is 4.88. The highest BCUT2D eigenvalue weighted by molar-refractivity contribution is 14.0. The molecule has 0 spiro atoms. The lowest BCUT2D eigenvalue weighted by atomic mass is 9.97. The van der Waals surface area contributed by atoms with E-state index >= 15 is 0 Å². The molecule has 1 aromatic rings. The number of piperidine rings is 1. The van der Waals surface area contributed by atoms with Gasteiger partial charge < -0.3 is 19.7 Å². The summed E-state index contributed by atoms with van der Waals surface area (Å²) in [6, 6.07) is 5.92. The molecule has 1 aromatic carbocycles. The molecular weight excluding hydrogens is 501 g/mol. The fourth-order valence-electron chi connectivity index (χ4n) is 2.89. The molecule has 1 saturated heterocycles. The number of likely N-dealkylation sites (tertiary alicyclic amines) is 1. The summed E-state index contributed by atoms with van der Waals surface area (Å²) in [6.45, 7) is 2.19. The number of esters is 1. The number of nitrogens with one attached hydrogen (secondary N) is 1. The fourth-order valence-corrected chi connectivity index (χ4v) is 3.29. The van der Waals surface area contributed by atoms with Crippen LogP contribution in [0.1, 0.15) is 18.4 Å². The molecule has 0 unspecified atom stereocenters. The highest BCUT2D eigenvalue weighted by Crippen LogP contribution is 2.23. The van der Waals surface area contributed by atoms with Crippen molar-refractivity contribution in [3.05, 3.63) is 28.2 Å². The van der Waals surface area contributed by atoms with Crippen LogP contribution in [0.2, 0.25) is 0 Å². The van der Waals surface area contributed by atoms with E-state index in [1.165, 1.54) is 7.11 Å². The Hall–Kier alpha value is -1.03. The van der Waals surface area contributed by atoms with Gasteiger partial charge in [-0.3, -0.25) is 9.79 Å². The molecule has 0 aliphatic carbocycles. The molecule has 1 heterocycles. The Kier molecular flexibility index (Phi) is 9.55. The molecule has 0 saturated carbocycles. The number of halogens is 2. The number of nitrogens with zero attached hydrogens (tertiary/aromatic N) is 2. The van der Waals surface area contributed by atoms with Crippen LogP contribution < -0.4 is 10.1 Å². The number of rotatable bonds is 4. The molecule has 0 atom stereocenters. The van der Waals surface area contributed by atoms with Crippen LogP contribution in [0.25, 0.3) is 0 Å². The average molecular weight is 526 g/mol. The normalized spacial score (nSPS) is 15.4. The first-order valence-electron chi connectivity index (χ1n) is 7.95. The molecule has 8 heteroatoms. The van der Waals surface area contributed by atoms with Crippen LogP contribution in [-0.4, -0.2) is 51.2 Å². The largest absolute Gasteiger partial charge is 0.496 e. The van der Waals surface area contributed by atoms with Crippen LogP contribution in [0, 0.1) is 5.92 Å². The molecule has 2 rings (SSSR count). The van der Waals surface area contributed by atoms with Crippen molar-refractivity contribution in [2.45, 2.75) is 19.4 Å². The molecule has 1 aliphatic rings. The number of ether oxygens (including phenoxy) is 2. The quantitative estimate of drug-likeness (QED) is 0.283. The van der Waals surface area contributed by atoms with E-state index in [0.29, 0.717) is 6.54 Å². The summed E-state index contributed by atoms with van der Waals surface area (Å²) in [5, 5.41) is 3.37. The van der Waals surface area contributed by atoms with Gasteiger partial charge in [-0.15, -0.1) is 24.0 Å². The van der Waals surface area contributed by atoms with Gasteiger partial charge in [0.05, 0.1) is 20.1 Å². The molecule has 6 nitrogen and oxygen atoms in total. The van der Waals surface area contributed by atoms with Crippen molar-refractivity contribution in [1.29, 1.82) is 0 Å². The molecule has 1 fully saturated rings. The van der Waals surface area contributed by atoms with Gasteiger partial charge in [-0.05, 0) is 31.0 Å². The maximum atomic E-state index is 11.6. The summed E-state index contributed by atoms with van der Waals surface area (Å²) in [4.78, 5) is 18.1. The van der Waals surface area contributed by atoms with Gasteiger partial charge in [0.2, 0.25) is 0 Å². The van der Waals surface area contributed by atoms with Crippen LogP contribution in [0.3, 0.4) is 0 Å². The third kappa shape index (κ3) is 6.02. The van der Waals surface area contributed by atoms with E-state index in [1.807, 2.05) is 18.2 Å². The number of methoxy groups -OCH3 is 2. The van der Waals surface area contributed by atoms with Crippen molar-refractivity contribution in [3.63, 3.8) is 0 Å². The second-order valence-corrected chi connectivity index (χ2v) is 6.56. The number of carbonyl (C=O) groups is 1. The van der Waals surface area contributed by atoms with Crippen molar-refractivity contribution in [1.82, 2.24) is 10.2 Å². The highest BCUT2D eigenvalue weighted by atomic mass is 127. The fraction of sp³-hybridized carbons (Fsp3) is 0.529. The second-order valence-electron chi connectivity index (χ2n) is 5.64. The van der Waals surface area contributed by atoms with Crippen molar-refractivity contribution in [2.24, 2.45) is 10.9 Å². The lowest BCUT2D eigenvalue weighted by Crippen LogP contribution is -2.46. The third-order valence-corrected chi connectivity index (χ3v) is 4.71. The first-order chi connectivity index (χ1) is 11.6. The maximum absolute atomic E-state index is 11.6. The molecule has 140 valence electrons. The monoisotopic (exact) mass is 525 g/mol. The second kappa shape index (κ2) is 10.8. The first-order valence-corrected chi connectivity index (χ1v) is 8.74. The Balaban J connectivity index is 0.00000312. The molecule has 0 amide bonds. The number of carbonyl (C=O) groups excluding carboxylic acids is 1. The molecular formula is C17H25BrIN3O3. The summed E-state index contributed by atoms with van der Waals surface area (Å²) in [6.07, 6.45) is 1.57. The van der Waals surface area contributed by atoms with E-state index in [0.717, 1.165) is 47.7 Å². The van der Waals surface area contributed by atoms with Crippen molar-refractivity contribution < 1.29 is 14.3 Å². The van der Waals surface area contributed by atoms with Gasteiger partial charge in [-0.1, -0.05) is 15.9 Å². The van der Waals surface area contributed by atoms with Gasteiger partial charge in [0.15, 0.2) is 5.96 Å². The number of aliphatic imine (C=N–C) groups is 1. The predicted molar refractivity (Wildman–Crippen MR) is 113 cm³/mol. The number of guanidine groups is 1. The molecule has 0 radical (unpaired) electrons. The average Bonchev–Trinajstić information content (AvgIpc) is 2.62. The molecule has 25 heavy (non-hydrogen) atoms. The minimum absolute atomic E-state index is 0. The molecule has 1 N–H and O–H groups in total.